The first-order valence-electron chi connectivity index (χ1n) is 3.56. The van der Waals surface area contributed by atoms with Crippen molar-refractivity contribution in [3.63, 3.8) is 0 Å². The number of hydrogen-bond acceptors (Lipinski definition) is 4. The van der Waals surface area contributed by atoms with Crippen molar-refractivity contribution in [1.29, 1.82) is 0 Å². The van der Waals surface area contributed by atoms with Crippen LogP contribution in [0.3, 0.4) is 0 Å². The fourth-order valence-electron chi connectivity index (χ4n) is 1.45. The average Bonchev–Trinajstić information content (AvgIpc) is 2.46. The summed E-state index contributed by atoms with van der Waals surface area (Å²) in [6, 6.07) is 0. The molecule has 2 rings (SSSR count). The van der Waals surface area contributed by atoms with E-state index in [1.807, 2.05) is 0 Å². The minimum atomic E-state index is -0.867. The Labute approximate surface area is 63.5 Å². The largest absolute Gasteiger partial charge is 0.347 e. The standard InChI is InChI=1S/C7H8O4/c8-5-3-7(4-6(5)9)10-1-2-11-7/h1-4H2. The fourth-order valence-corrected chi connectivity index (χ4v) is 1.45. The Balaban J connectivity index is 2.18. The second-order valence-electron chi connectivity index (χ2n) is 2.81. The predicted molar refractivity (Wildman–Crippen MR) is 33.9 cm³/mol. The predicted octanol–water partition coefficient (Wildman–Crippen LogP) is -0.339. The van der Waals surface area contributed by atoms with Crippen LogP contribution in [0.5, 0.6) is 0 Å². The van der Waals surface area contributed by atoms with E-state index in [4.69, 9.17) is 9.47 Å². The SMILES string of the molecule is O=C1CC2(CC1=O)OCCO2. The summed E-state index contributed by atoms with van der Waals surface area (Å²) in [6.45, 7) is 0.973. The Hall–Kier alpha value is -0.740. The van der Waals surface area contributed by atoms with E-state index in [0.29, 0.717) is 13.2 Å². The van der Waals surface area contributed by atoms with E-state index in [1.165, 1.54) is 0 Å². The van der Waals surface area contributed by atoms with Gasteiger partial charge in [0.2, 0.25) is 11.6 Å². The lowest BCUT2D eigenvalue weighted by atomic mass is 10.2. The highest BCUT2D eigenvalue weighted by Gasteiger charge is 2.48. The van der Waals surface area contributed by atoms with Gasteiger partial charge in [0.1, 0.15) is 0 Å². The average molecular weight is 156 g/mol. The third-order valence-corrected chi connectivity index (χ3v) is 1.98. The number of ketones is 2. The molecule has 1 spiro atoms. The van der Waals surface area contributed by atoms with Gasteiger partial charge < -0.3 is 9.47 Å². The maximum atomic E-state index is 10.8. The highest BCUT2D eigenvalue weighted by molar-refractivity contribution is 6.39. The van der Waals surface area contributed by atoms with Gasteiger partial charge >= 0.3 is 0 Å². The molecule has 0 aromatic carbocycles. The van der Waals surface area contributed by atoms with Gasteiger partial charge in [0, 0.05) is 0 Å². The minimum Gasteiger partial charge on any atom is -0.347 e. The summed E-state index contributed by atoms with van der Waals surface area (Å²) in [5.74, 6) is -1.60. The molecule has 11 heavy (non-hydrogen) atoms. The summed E-state index contributed by atoms with van der Waals surface area (Å²) in [5, 5.41) is 0. The molecule has 0 radical (unpaired) electrons. The molecule has 0 unspecified atom stereocenters. The Bertz CT molecular complexity index is 196. The fraction of sp³-hybridized carbons (Fsp3) is 0.714. The number of carbonyl (C=O) groups excluding carboxylic acids is 2. The topological polar surface area (TPSA) is 52.6 Å². The second-order valence-corrected chi connectivity index (χ2v) is 2.81. The zero-order chi connectivity index (χ0) is 7.90. The molecule has 0 aromatic rings. The first-order valence-corrected chi connectivity index (χ1v) is 3.56. The Morgan fingerprint density at radius 3 is 1.91 bits per heavy atom. The molecule has 2 fully saturated rings. The van der Waals surface area contributed by atoms with E-state index >= 15 is 0 Å². The van der Waals surface area contributed by atoms with Crippen molar-refractivity contribution in [2.45, 2.75) is 18.6 Å². The van der Waals surface area contributed by atoms with Gasteiger partial charge in [0.25, 0.3) is 0 Å². The molecule has 0 N–H and O–H groups in total. The molecule has 1 saturated carbocycles. The molecule has 1 saturated heterocycles. The molecule has 60 valence electrons. The lowest BCUT2D eigenvalue weighted by Crippen LogP contribution is -2.26. The van der Waals surface area contributed by atoms with E-state index in [0.717, 1.165) is 0 Å². The van der Waals surface area contributed by atoms with Crippen molar-refractivity contribution >= 4 is 11.6 Å². The number of carbonyl (C=O) groups is 2. The highest BCUT2D eigenvalue weighted by Crippen LogP contribution is 2.33. The molecule has 0 aromatic heterocycles. The second kappa shape index (κ2) is 2.12. The molecule has 4 nitrogen and oxygen atoms in total. The van der Waals surface area contributed by atoms with Crippen LogP contribution < -0.4 is 0 Å². The van der Waals surface area contributed by atoms with Crippen LogP contribution in [0, 0.1) is 0 Å². The summed E-state index contributed by atoms with van der Waals surface area (Å²) in [7, 11) is 0. The van der Waals surface area contributed by atoms with Crippen molar-refractivity contribution in [2.75, 3.05) is 13.2 Å². The number of rotatable bonds is 0. The normalized spacial score (nSPS) is 28.7. The molecular formula is C7H8O4. The van der Waals surface area contributed by atoms with Gasteiger partial charge in [0.15, 0.2) is 5.79 Å². The van der Waals surface area contributed by atoms with Crippen LogP contribution in [-0.2, 0) is 19.1 Å². The summed E-state index contributed by atoms with van der Waals surface area (Å²) in [6.07, 6.45) is 0.206. The van der Waals surface area contributed by atoms with E-state index in [1.54, 1.807) is 0 Å². The zero-order valence-electron chi connectivity index (χ0n) is 5.96. The lowest BCUT2D eigenvalue weighted by Gasteiger charge is -2.17. The third-order valence-electron chi connectivity index (χ3n) is 1.98. The van der Waals surface area contributed by atoms with E-state index in [-0.39, 0.29) is 24.4 Å². The maximum absolute atomic E-state index is 10.8. The Morgan fingerprint density at radius 1 is 1.00 bits per heavy atom. The lowest BCUT2D eigenvalue weighted by molar-refractivity contribution is -0.155. The molecular weight excluding hydrogens is 148 g/mol. The molecule has 1 heterocycles. The van der Waals surface area contributed by atoms with Crippen molar-refractivity contribution in [1.82, 2.24) is 0 Å². The van der Waals surface area contributed by atoms with Crippen LogP contribution >= 0.6 is 0 Å². The van der Waals surface area contributed by atoms with Crippen LogP contribution in [0.25, 0.3) is 0 Å². The van der Waals surface area contributed by atoms with E-state index in [2.05, 4.69) is 0 Å². The van der Waals surface area contributed by atoms with Gasteiger partial charge in [-0.05, 0) is 0 Å². The molecule has 1 aliphatic carbocycles. The number of hydrogen-bond donors (Lipinski definition) is 0. The smallest absolute Gasteiger partial charge is 0.203 e. The summed E-state index contributed by atoms with van der Waals surface area (Å²) in [4.78, 5) is 21.7. The molecule has 4 heteroatoms. The first kappa shape index (κ1) is 6.94. The zero-order valence-corrected chi connectivity index (χ0v) is 5.96. The van der Waals surface area contributed by atoms with Gasteiger partial charge in [-0.3, -0.25) is 9.59 Å². The minimum absolute atomic E-state index is 0.103. The summed E-state index contributed by atoms with van der Waals surface area (Å²) < 4.78 is 10.4. The van der Waals surface area contributed by atoms with Gasteiger partial charge in [-0.15, -0.1) is 0 Å². The number of ether oxygens (including phenoxy) is 2. The van der Waals surface area contributed by atoms with Crippen LogP contribution in [-0.4, -0.2) is 30.6 Å². The Kier molecular flexibility index (Phi) is 1.34. The van der Waals surface area contributed by atoms with Crippen LogP contribution in [0.2, 0.25) is 0 Å². The van der Waals surface area contributed by atoms with Crippen molar-refractivity contribution in [2.24, 2.45) is 0 Å². The van der Waals surface area contributed by atoms with Crippen LogP contribution in [0.15, 0.2) is 0 Å². The van der Waals surface area contributed by atoms with Gasteiger partial charge in [-0.25, -0.2) is 0 Å². The Morgan fingerprint density at radius 2 is 1.45 bits per heavy atom. The number of Topliss-reactive ketones (excluding diaryl/α,β-unsaturated/α-hetero) is 2. The molecule has 0 bridgehead atoms. The molecule has 0 atom stereocenters. The van der Waals surface area contributed by atoms with Gasteiger partial charge in [0.05, 0.1) is 26.1 Å². The molecule has 1 aliphatic heterocycles. The van der Waals surface area contributed by atoms with Crippen molar-refractivity contribution < 1.29 is 19.1 Å². The summed E-state index contributed by atoms with van der Waals surface area (Å²) in [5.41, 5.74) is 0. The van der Waals surface area contributed by atoms with Crippen molar-refractivity contribution in [3.8, 4) is 0 Å². The van der Waals surface area contributed by atoms with Crippen LogP contribution in [0.1, 0.15) is 12.8 Å². The quantitative estimate of drug-likeness (QED) is 0.450. The van der Waals surface area contributed by atoms with Crippen LogP contribution in [0.4, 0.5) is 0 Å². The molecule has 2 aliphatic rings. The molecule has 0 amide bonds. The first-order chi connectivity index (χ1) is 5.22. The van der Waals surface area contributed by atoms with Gasteiger partial charge in [-0.2, -0.15) is 0 Å². The van der Waals surface area contributed by atoms with Crippen molar-refractivity contribution in [3.05, 3.63) is 0 Å². The summed E-state index contributed by atoms with van der Waals surface area (Å²) >= 11 is 0. The van der Waals surface area contributed by atoms with Gasteiger partial charge in [-0.1, -0.05) is 0 Å². The van der Waals surface area contributed by atoms with E-state index in [9.17, 15) is 9.59 Å². The monoisotopic (exact) mass is 156 g/mol. The third kappa shape index (κ3) is 0.985. The maximum Gasteiger partial charge on any atom is 0.203 e. The van der Waals surface area contributed by atoms with E-state index < -0.39 is 5.79 Å². The highest BCUT2D eigenvalue weighted by atomic mass is 16.7.